The molecule has 0 aliphatic heterocycles. The number of hydrogen-bond acceptors (Lipinski definition) is 15. The SMILES string of the molecule is CCCCCCCCCCCC(=O)OC[C@H](COP(=O)(O)OC[C@H](O)COP(=O)(O)OC[C@@H](COC(=O)CCCCCCCCCCCCCCCCCCCCC(C)CC)OC(=O)CCCCCCCCCCCCCCCCCCCCC(C)CC)OC(=O)CCCCCCCCCCCCC(C)CC. The molecule has 0 heterocycles. The Morgan fingerprint density at radius 2 is 0.449 bits per heavy atom. The molecule has 3 N–H and O–H groups in total. The predicted molar refractivity (Wildman–Crippen MR) is 441 cm³/mol. The number of carbonyl (C=O) groups excluding carboxylic acids is 4. The van der Waals surface area contributed by atoms with Gasteiger partial charge in [-0.05, 0) is 43.4 Å². The van der Waals surface area contributed by atoms with Crippen molar-refractivity contribution in [2.24, 2.45) is 17.8 Å². The maximum Gasteiger partial charge on any atom is 0.472 e. The van der Waals surface area contributed by atoms with Crippen molar-refractivity contribution < 1.29 is 80.2 Å². The van der Waals surface area contributed by atoms with Crippen LogP contribution in [0.1, 0.15) is 466 Å². The molecule has 0 aliphatic rings. The van der Waals surface area contributed by atoms with Crippen molar-refractivity contribution in [2.45, 2.75) is 484 Å². The van der Waals surface area contributed by atoms with E-state index >= 15 is 0 Å². The molecule has 5 unspecified atom stereocenters. The zero-order chi connectivity index (χ0) is 78.6. The minimum atomic E-state index is -4.97. The number of carbonyl (C=O) groups is 4. The molecule has 0 rings (SSSR count). The third-order valence-electron chi connectivity index (χ3n) is 21.7. The van der Waals surface area contributed by atoms with Crippen LogP contribution in [0.5, 0.6) is 0 Å². The van der Waals surface area contributed by atoms with Crippen LogP contribution in [0.3, 0.4) is 0 Å². The summed E-state index contributed by atoms with van der Waals surface area (Å²) in [5.41, 5.74) is 0. The molecule has 0 aromatic rings. The van der Waals surface area contributed by atoms with Crippen molar-refractivity contribution in [3.63, 3.8) is 0 Å². The number of phosphoric acid groups is 2. The normalized spacial score (nSPS) is 14.6. The van der Waals surface area contributed by atoms with Crippen molar-refractivity contribution >= 4 is 39.5 Å². The van der Waals surface area contributed by atoms with Gasteiger partial charge >= 0.3 is 39.5 Å². The van der Waals surface area contributed by atoms with Crippen molar-refractivity contribution in [3.8, 4) is 0 Å². The van der Waals surface area contributed by atoms with Gasteiger partial charge in [0.2, 0.25) is 0 Å². The van der Waals surface area contributed by atoms with E-state index in [4.69, 9.17) is 37.0 Å². The topological polar surface area (TPSA) is 237 Å². The van der Waals surface area contributed by atoms with Crippen molar-refractivity contribution in [1.29, 1.82) is 0 Å². The van der Waals surface area contributed by atoms with Crippen molar-refractivity contribution in [3.05, 3.63) is 0 Å². The van der Waals surface area contributed by atoms with Gasteiger partial charge in [0.15, 0.2) is 12.2 Å². The van der Waals surface area contributed by atoms with Gasteiger partial charge < -0.3 is 33.8 Å². The predicted octanol–water partition coefficient (Wildman–Crippen LogP) is 26.9. The Morgan fingerprint density at radius 3 is 0.664 bits per heavy atom. The van der Waals surface area contributed by atoms with E-state index < -0.39 is 97.5 Å². The molecule has 0 bridgehead atoms. The number of unbranched alkanes of at least 4 members (excludes halogenated alkanes) is 51. The first-order chi connectivity index (χ1) is 51.8. The van der Waals surface area contributed by atoms with Gasteiger partial charge in [-0.2, -0.15) is 0 Å². The third kappa shape index (κ3) is 77.8. The maximum absolute atomic E-state index is 13.2. The van der Waals surface area contributed by atoms with Crippen LogP contribution in [-0.4, -0.2) is 96.7 Å². The molecule has 0 amide bonds. The molecule has 0 saturated heterocycles. The first kappa shape index (κ1) is 105. The second kappa shape index (κ2) is 78.0. The van der Waals surface area contributed by atoms with Crippen LogP contribution in [0.4, 0.5) is 0 Å². The van der Waals surface area contributed by atoms with Crippen LogP contribution in [0.15, 0.2) is 0 Å². The highest BCUT2D eigenvalue weighted by Gasteiger charge is 2.31. The highest BCUT2D eigenvalue weighted by atomic mass is 31.2. The molecule has 19 heteroatoms. The van der Waals surface area contributed by atoms with E-state index in [0.29, 0.717) is 25.7 Å². The van der Waals surface area contributed by atoms with Crippen molar-refractivity contribution in [1.82, 2.24) is 0 Å². The summed E-state index contributed by atoms with van der Waals surface area (Å²) in [6.45, 7) is 12.1. The standard InChI is InChI=1S/C88H172O17P2/c1-8-12-13-14-15-38-48-55-62-69-85(90)98-75-83(105-88(93)72-65-58-51-44-37-36-41-47-54-61-68-81(7)11-4)77-102-106(94,95)100-73-82(89)74-101-107(96,97)103-78-84(104-87(92)71-64-57-50-43-35-31-27-23-19-17-21-25-29-33-40-46-53-60-67-80(6)10-3)76-99-86(91)70-63-56-49-42-34-30-26-22-18-16-20-24-28-32-39-45-52-59-66-79(5)9-2/h79-84,89H,8-78H2,1-7H3,(H,94,95)(H,96,97)/t79?,80?,81?,82-,83+,84+/m0/s1. The molecule has 636 valence electrons. The molecule has 17 nitrogen and oxygen atoms in total. The van der Waals surface area contributed by atoms with Gasteiger partial charge in [0.25, 0.3) is 0 Å². The number of phosphoric ester groups is 2. The fraction of sp³-hybridized carbons (Fsp3) is 0.955. The Bertz CT molecular complexity index is 2070. The highest BCUT2D eigenvalue weighted by Crippen LogP contribution is 2.45. The van der Waals surface area contributed by atoms with Crippen molar-refractivity contribution in [2.75, 3.05) is 39.6 Å². The Kier molecular flexibility index (Phi) is 76.6. The van der Waals surface area contributed by atoms with E-state index in [1.807, 2.05) is 0 Å². The van der Waals surface area contributed by atoms with E-state index in [-0.39, 0.29) is 25.7 Å². The molecule has 0 radical (unpaired) electrons. The summed E-state index contributed by atoms with van der Waals surface area (Å²) in [6, 6.07) is 0. The van der Waals surface area contributed by atoms with Gasteiger partial charge in [0.05, 0.1) is 26.4 Å². The Balaban J connectivity index is 5.19. The molecule has 0 aromatic carbocycles. The van der Waals surface area contributed by atoms with Crippen LogP contribution < -0.4 is 0 Å². The van der Waals surface area contributed by atoms with E-state index in [1.165, 1.54) is 276 Å². The largest absolute Gasteiger partial charge is 0.472 e. The van der Waals surface area contributed by atoms with E-state index in [0.717, 1.165) is 108 Å². The monoisotopic (exact) mass is 1560 g/mol. The lowest BCUT2D eigenvalue weighted by molar-refractivity contribution is -0.161. The third-order valence-corrected chi connectivity index (χ3v) is 23.6. The lowest BCUT2D eigenvalue weighted by Crippen LogP contribution is -2.30. The number of aliphatic hydroxyl groups excluding tert-OH is 1. The number of hydrogen-bond donors (Lipinski definition) is 3. The fourth-order valence-electron chi connectivity index (χ4n) is 13.6. The molecular weight excluding hydrogens is 1390 g/mol. The molecule has 0 saturated carbocycles. The van der Waals surface area contributed by atoms with Crippen LogP contribution in [-0.2, 0) is 65.4 Å². The lowest BCUT2D eigenvalue weighted by atomic mass is 9.99. The molecule has 0 aromatic heterocycles. The number of esters is 4. The second-order valence-electron chi connectivity index (χ2n) is 32.4. The molecule has 0 aliphatic carbocycles. The maximum atomic E-state index is 13.2. The average Bonchev–Trinajstić information content (AvgIpc) is 0.901. The summed E-state index contributed by atoms with van der Waals surface area (Å²) in [6.07, 6.45) is 69.4. The van der Waals surface area contributed by atoms with E-state index in [2.05, 4.69) is 48.5 Å². The summed E-state index contributed by atoms with van der Waals surface area (Å²) < 4.78 is 68.9. The highest BCUT2D eigenvalue weighted by molar-refractivity contribution is 7.47. The van der Waals surface area contributed by atoms with Crippen LogP contribution in [0.25, 0.3) is 0 Å². The zero-order valence-corrected chi connectivity index (χ0v) is 72.4. The summed E-state index contributed by atoms with van der Waals surface area (Å²) in [5.74, 6) is 0.444. The van der Waals surface area contributed by atoms with Crippen LogP contribution in [0.2, 0.25) is 0 Å². The fourth-order valence-corrected chi connectivity index (χ4v) is 15.2. The molecule has 0 fully saturated rings. The summed E-state index contributed by atoms with van der Waals surface area (Å²) in [7, 11) is -9.93. The summed E-state index contributed by atoms with van der Waals surface area (Å²) >= 11 is 0. The molecule has 107 heavy (non-hydrogen) atoms. The number of rotatable bonds is 86. The van der Waals surface area contributed by atoms with Gasteiger partial charge in [0, 0.05) is 25.7 Å². The van der Waals surface area contributed by atoms with Gasteiger partial charge in [-0.3, -0.25) is 37.3 Å². The zero-order valence-electron chi connectivity index (χ0n) is 70.6. The second-order valence-corrected chi connectivity index (χ2v) is 35.3. The lowest BCUT2D eigenvalue weighted by Gasteiger charge is -2.21. The Labute approximate surface area is 658 Å². The number of ether oxygens (including phenoxy) is 4. The van der Waals surface area contributed by atoms with Gasteiger partial charge in [-0.15, -0.1) is 0 Å². The first-order valence-corrected chi connectivity index (χ1v) is 48.5. The Hall–Kier alpha value is -1.94. The Morgan fingerprint density at radius 1 is 0.262 bits per heavy atom. The number of aliphatic hydroxyl groups is 1. The van der Waals surface area contributed by atoms with Crippen LogP contribution in [0, 0.1) is 17.8 Å². The van der Waals surface area contributed by atoms with Gasteiger partial charge in [-0.1, -0.05) is 414 Å². The van der Waals surface area contributed by atoms with Gasteiger partial charge in [-0.25, -0.2) is 9.13 Å². The average molecular weight is 1560 g/mol. The quantitative estimate of drug-likeness (QED) is 0.0222. The van der Waals surface area contributed by atoms with E-state index in [9.17, 15) is 43.2 Å². The summed E-state index contributed by atoms with van der Waals surface area (Å²) in [4.78, 5) is 73.2. The minimum Gasteiger partial charge on any atom is -0.462 e. The molecule has 0 spiro atoms. The van der Waals surface area contributed by atoms with Crippen LogP contribution >= 0.6 is 15.6 Å². The smallest absolute Gasteiger partial charge is 0.462 e. The first-order valence-electron chi connectivity index (χ1n) is 45.5. The van der Waals surface area contributed by atoms with Gasteiger partial charge in [0.1, 0.15) is 19.3 Å². The molecular formula is C88H172O17P2. The minimum absolute atomic E-state index is 0.106. The van der Waals surface area contributed by atoms with E-state index in [1.54, 1.807) is 0 Å². The summed E-state index contributed by atoms with van der Waals surface area (Å²) in [5, 5.41) is 10.7. The molecule has 8 atom stereocenters.